The van der Waals surface area contributed by atoms with Gasteiger partial charge in [-0.1, -0.05) is 41.9 Å². The number of carbonyl (C=O) groups is 2. The van der Waals surface area contributed by atoms with E-state index in [2.05, 4.69) is 5.32 Å². The smallest absolute Gasteiger partial charge is 0.225 e. The fourth-order valence-electron chi connectivity index (χ4n) is 3.97. The van der Waals surface area contributed by atoms with Crippen LogP contribution in [0.15, 0.2) is 59.8 Å². The summed E-state index contributed by atoms with van der Waals surface area (Å²) in [6.45, 7) is 0. The molecule has 2 atom stereocenters. The molecule has 0 aromatic heterocycles. The number of carbonyl (C=O) groups excluding carboxylic acids is 2. The van der Waals surface area contributed by atoms with Gasteiger partial charge in [-0.3, -0.25) is 9.59 Å². The molecule has 0 saturated heterocycles. The summed E-state index contributed by atoms with van der Waals surface area (Å²) in [5.41, 5.74) is 3.04. The molecular weight excluding hydrogens is 353 g/mol. The van der Waals surface area contributed by atoms with Crippen molar-refractivity contribution in [3.63, 3.8) is 0 Å². The van der Waals surface area contributed by atoms with Crippen molar-refractivity contribution in [2.24, 2.45) is 0 Å². The van der Waals surface area contributed by atoms with Crippen molar-refractivity contribution < 1.29 is 14.0 Å². The van der Waals surface area contributed by atoms with Crippen molar-refractivity contribution in [1.29, 1.82) is 0 Å². The molecule has 2 aromatic rings. The van der Waals surface area contributed by atoms with Crippen LogP contribution < -0.4 is 5.32 Å². The maximum absolute atomic E-state index is 13.2. The minimum absolute atomic E-state index is 0.0190. The van der Waals surface area contributed by atoms with Gasteiger partial charge in [0.2, 0.25) is 5.91 Å². The third-order valence-corrected chi connectivity index (χ3v) is 5.50. The van der Waals surface area contributed by atoms with E-state index in [4.69, 9.17) is 11.6 Å². The number of hydrogen-bond acceptors (Lipinski definition) is 2. The molecule has 1 amide bonds. The number of amides is 1. The Morgan fingerprint density at radius 2 is 1.69 bits per heavy atom. The van der Waals surface area contributed by atoms with Gasteiger partial charge in [0.05, 0.1) is 0 Å². The van der Waals surface area contributed by atoms with Gasteiger partial charge >= 0.3 is 0 Å². The maximum atomic E-state index is 13.2. The molecule has 0 fully saturated rings. The number of nitrogens with one attached hydrogen (secondary N) is 1. The molecule has 2 aliphatic rings. The summed E-state index contributed by atoms with van der Waals surface area (Å²) in [7, 11) is 0. The number of allylic oxidation sites excluding steroid dienone is 2. The van der Waals surface area contributed by atoms with Crippen molar-refractivity contribution >= 4 is 23.3 Å². The number of hydrogen-bond donors (Lipinski definition) is 1. The third kappa shape index (κ3) is 3.06. The summed E-state index contributed by atoms with van der Waals surface area (Å²) in [4.78, 5) is 25.2. The summed E-state index contributed by atoms with van der Waals surface area (Å²) < 4.78 is 13.2. The van der Waals surface area contributed by atoms with E-state index in [-0.39, 0.29) is 35.8 Å². The van der Waals surface area contributed by atoms with Crippen LogP contribution in [-0.4, -0.2) is 11.7 Å². The maximum Gasteiger partial charge on any atom is 0.225 e. The topological polar surface area (TPSA) is 46.2 Å². The normalized spacial score (nSPS) is 22.8. The molecule has 4 rings (SSSR count). The van der Waals surface area contributed by atoms with Crippen LogP contribution in [0.3, 0.4) is 0 Å². The van der Waals surface area contributed by atoms with E-state index in [1.165, 1.54) is 12.1 Å². The first-order valence-electron chi connectivity index (χ1n) is 8.59. The molecule has 1 aliphatic carbocycles. The van der Waals surface area contributed by atoms with E-state index in [0.717, 1.165) is 11.1 Å². The Hall–Kier alpha value is -2.46. The van der Waals surface area contributed by atoms with Crippen LogP contribution in [0.25, 0.3) is 0 Å². The monoisotopic (exact) mass is 369 g/mol. The Kier molecular flexibility index (Phi) is 4.37. The first-order chi connectivity index (χ1) is 12.5. The molecule has 3 nitrogen and oxygen atoms in total. The molecule has 0 unspecified atom stereocenters. The van der Waals surface area contributed by atoms with Gasteiger partial charge in [-0.05, 0) is 41.7 Å². The first-order valence-corrected chi connectivity index (χ1v) is 8.96. The molecule has 5 heteroatoms. The number of rotatable bonds is 2. The highest BCUT2D eigenvalue weighted by Crippen LogP contribution is 2.43. The molecule has 1 heterocycles. The van der Waals surface area contributed by atoms with Crippen LogP contribution in [0, 0.1) is 5.82 Å². The fourth-order valence-corrected chi connectivity index (χ4v) is 4.26. The Bertz CT molecular complexity index is 920. The highest BCUT2D eigenvalue weighted by Gasteiger charge is 2.38. The lowest BCUT2D eigenvalue weighted by Crippen LogP contribution is -2.38. The summed E-state index contributed by atoms with van der Waals surface area (Å²) in [5, 5.41) is 3.51. The zero-order valence-electron chi connectivity index (χ0n) is 14.0. The average molecular weight is 370 g/mol. The van der Waals surface area contributed by atoms with Crippen LogP contribution in [0.4, 0.5) is 4.39 Å². The Balaban J connectivity index is 1.73. The quantitative estimate of drug-likeness (QED) is 0.848. The van der Waals surface area contributed by atoms with E-state index in [1.807, 2.05) is 24.3 Å². The molecule has 0 bridgehead atoms. The standard InChI is InChI=1S/C21H17ClFNO2/c22-17-4-2-1-3-15(17)13-9-18-21(19(25)10-13)16(11-20(26)24-18)12-5-7-14(23)8-6-12/h1-8,13,16H,9-11H2,(H,24,26)/t13-,16+/m0/s1. The number of ketones is 1. The zero-order valence-corrected chi connectivity index (χ0v) is 14.7. The van der Waals surface area contributed by atoms with Crippen LogP contribution >= 0.6 is 11.6 Å². The van der Waals surface area contributed by atoms with Crippen LogP contribution in [0.5, 0.6) is 0 Å². The minimum Gasteiger partial charge on any atom is -0.329 e. The van der Waals surface area contributed by atoms with Crippen molar-refractivity contribution in [2.45, 2.75) is 31.1 Å². The van der Waals surface area contributed by atoms with E-state index in [1.54, 1.807) is 12.1 Å². The van der Waals surface area contributed by atoms with Gasteiger partial charge in [0.25, 0.3) is 0 Å². The molecular formula is C21H17ClFNO2. The molecule has 1 N–H and O–H groups in total. The number of benzene rings is 2. The van der Waals surface area contributed by atoms with E-state index in [0.29, 0.717) is 29.1 Å². The van der Waals surface area contributed by atoms with Gasteiger partial charge in [-0.2, -0.15) is 0 Å². The predicted octanol–water partition coefficient (Wildman–Crippen LogP) is 4.48. The summed E-state index contributed by atoms with van der Waals surface area (Å²) >= 11 is 6.30. The Labute approximate surface area is 155 Å². The highest BCUT2D eigenvalue weighted by molar-refractivity contribution is 6.31. The molecule has 2 aromatic carbocycles. The Morgan fingerprint density at radius 3 is 2.42 bits per heavy atom. The fraction of sp³-hybridized carbons (Fsp3) is 0.238. The zero-order chi connectivity index (χ0) is 18.3. The largest absolute Gasteiger partial charge is 0.329 e. The summed E-state index contributed by atoms with van der Waals surface area (Å²) in [6, 6.07) is 13.5. The second-order valence-electron chi connectivity index (χ2n) is 6.80. The minimum atomic E-state index is -0.336. The van der Waals surface area contributed by atoms with Crippen molar-refractivity contribution in [1.82, 2.24) is 5.32 Å². The van der Waals surface area contributed by atoms with Gasteiger partial charge in [-0.25, -0.2) is 4.39 Å². The summed E-state index contributed by atoms with van der Waals surface area (Å²) in [5.74, 6) is -0.811. The molecule has 0 saturated carbocycles. The number of Topliss-reactive ketones (excluding diaryl/α,β-unsaturated/α-hetero) is 1. The van der Waals surface area contributed by atoms with Crippen molar-refractivity contribution in [3.8, 4) is 0 Å². The average Bonchev–Trinajstić information content (AvgIpc) is 2.61. The van der Waals surface area contributed by atoms with E-state index < -0.39 is 0 Å². The van der Waals surface area contributed by atoms with E-state index >= 15 is 0 Å². The molecule has 132 valence electrons. The van der Waals surface area contributed by atoms with Crippen LogP contribution in [0.1, 0.15) is 42.2 Å². The number of halogens is 2. The van der Waals surface area contributed by atoms with Crippen LogP contribution in [-0.2, 0) is 9.59 Å². The predicted molar refractivity (Wildman–Crippen MR) is 97.4 cm³/mol. The molecule has 1 aliphatic heterocycles. The van der Waals surface area contributed by atoms with Gasteiger partial charge < -0.3 is 5.32 Å². The second-order valence-corrected chi connectivity index (χ2v) is 7.21. The van der Waals surface area contributed by atoms with E-state index in [9.17, 15) is 14.0 Å². The molecule has 26 heavy (non-hydrogen) atoms. The first kappa shape index (κ1) is 17.0. The van der Waals surface area contributed by atoms with Crippen LogP contribution in [0.2, 0.25) is 5.02 Å². The van der Waals surface area contributed by atoms with Gasteiger partial charge in [0.15, 0.2) is 5.78 Å². The van der Waals surface area contributed by atoms with Gasteiger partial charge in [0.1, 0.15) is 5.82 Å². The molecule has 0 radical (unpaired) electrons. The van der Waals surface area contributed by atoms with Crippen molar-refractivity contribution in [3.05, 3.63) is 81.8 Å². The Morgan fingerprint density at radius 1 is 0.962 bits per heavy atom. The lowest BCUT2D eigenvalue weighted by Gasteiger charge is -2.34. The second kappa shape index (κ2) is 6.69. The highest BCUT2D eigenvalue weighted by atomic mass is 35.5. The lowest BCUT2D eigenvalue weighted by atomic mass is 9.73. The van der Waals surface area contributed by atoms with Gasteiger partial charge in [-0.15, -0.1) is 0 Å². The molecule has 0 spiro atoms. The lowest BCUT2D eigenvalue weighted by molar-refractivity contribution is -0.122. The SMILES string of the molecule is O=C1C[C@H](c2ccc(F)cc2)C2=C(C[C@H](c3ccccc3Cl)CC2=O)N1. The third-order valence-electron chi connectivity index (χ3n) is 5.15. The van der Waals surface area contributed by atoms with Crippen molar-refractivity contribution in [2.75, 3.05) is 0 Å². The van der Waals surface area contributed by atoms with Gasteiger partial charge in [0, 0.05) is 35.1 Å². The summed E-state index contributed by atoms with van der Waals surface area (Å²) in [6.07, 6.45) is 1.12.